The highest BCUT2D eigenvalue weighted by atomic mass is 79.9. The van der Waals surface area contributed by atoms with Crippen LogP contribution in [0.3, 0.4) is 0 Å². The molecule has 94 valence electrons. The minimum atomic E-state index is -0.263. The second kappa shape index (κ2) is 7.33. The maximum atomic E-state index is 11.6. The van der Waals surface area contributed by atoms with Crippen molar-refractivity contribution in [2.75, 3.05) is 13.7 Å². The Labute approximate surface area is 111 Å². The lowest BCUT2D eigenvalue weighted by atomic mass is 10.2. The molecule has 1 amide bonds. The zero-order chi connectivity index (χ0) is 12.7. The third-order valence-corrected chi connectivity index (χ3v) is 2.90. The number of halogens is 1. The number of carbonyl (C=O) groups is 1. The number of carbonyl (C=O) groups excluding carboxylic acids is 1. The molecule has 0 radical (unpaired) electrons. The van der Waals surface area contributed by atoms with Crippen LogP contribution >= 0.6 is 15.9 Å². The summed E-state index contributed by atoms with van der Waals surface area (Å²) in [5.74, 6) is 0. The normalized spacial score (nSPS) is 10.1. The summed E-state index contributed by atoms with van der Waals surface area (Å²) in [4.78, 5) is 13.2. The Balaban J connectivity index is 2.40. The van der Waals surface area contributed by atoms with Crippen LogP contribution in [0.5, 0.6) is 0 Å². The van der Waals surface area contributed by atoms with Crippen LogP contribution in [-0.4, -0.2) is 24.6 Å². The molecule has 0 spiro atoms. The highest BCUT2D eigenvalue weighted by Gasteiger charge is 2.09. The Kier molecular flexibility index (Phi) is 6.05. The number of ether oxygens (including phenoxy) is 1. The van der Waals surface area contributed by atoms with Gasteiger partial charge in [-0.2, -0.15) is 0 Å². The fraction of sp³-hybridized carbons (Fsp3) is 0.462. The van der Waals surface area contributed by atoms with Crippen LogP contribution in [0, 0.1) is 0 Å². The van der Waals surface area contributed by atoms with Crippen LogP contribution < -0.4 is 0 Å². The van der Waals surface area contributed by atoms with Gasteiger partial charge in [0, 0.05) is 18.1 Å². The lowest BCUT2D eigenvalue weighted by molar-refractivity contribution is 0.107. The summed E-state index contributed by atoms with van der Waals surface area (Å²) in [6, 6.07) is 7.90. The molecule has 0 N–H and O–H groups in total. The largest absolute Gasteiger partial charge is 0.449 e. The van der Waals surface area contributed by atoms with Gasteiger partial charge in [-0.15, -0.1) is 0 Å². The SMILES string of the molecule is CCCCOC(=O)N(C)Cc1ccc(Br)cc1. The number of amides is 1. The van der Waals surface area contributed by atoms with Gasteiger partial charge in [-0.05, 0) is 24.1 Å². The van der Waals surface area contributed by atoms with Crippen molar-refractivity contribution in [1.82, 2.24) is 4.90 Å². The first-order chi connectivity index (χ1) is 8.13. The van der Waals surface area contributed by atoms with E-state index in [1.807, 2.05) is 24.3 Å². The highest BCUT2D eigenvalue weighted by molar-refractivity contribution is 9.10. The molecule has 17 heavy (non-hydrogen) atoms. The maximum Gasteiger partial charge on any atom is 0.409 e. The van der Waals surface area contributed by atoms with Gasteiger partial charge < -0.3 is 9.64 Å². The molecule has 0 atom stereocenters. The molecule has 0 aromatic heterocycles. The Hall–Kier alpha value is -1.03. The van der Waals surface area contributed by atoms with E-state index in [2.05, 4.69) is 22.9 Å². The van der Waals surface area contributed by atoms with Crippen molar-refractivity contribution >= 4 is 22.0 Å². The molecule has 1 aromatic carbocycles. The molecule has 0 fully saturated rings. The molecule has 3 nitrogen and oxygen atoms in total. The van der Waals surface area contributed by atoms with Crippen molar-refractivity contribution in [3.63, 3.8) is 0 Å². The molecule has 0 bridgehead atoms. The predicted molar refractivity (Wildman–Crippen MR) is 71.9 cm³/mol. The zero-order valence-corrected chi connectivity index (χ0v) is 11.9. The van der Waals surface area contributed by atoms with Gasteiger partial charge in [0.2, 0.25) is 0 Å². The molecule has 1 rings (SSSR count). The van der Waals surface area contributed by atoms with E-state index in [-0.39, 0.29) is 6.09 Å². The number of benzene rings is 1. The second-order valence-corrected chi connectivity index (χ2v) is 4.87. The third kappa shape index (κ3) is 5.22. The van der Waals surface area contributed by atoms with E-state index < -0.39 is 0 Å². The van der Waals surface area contributed by atoms with Gasteiger partial charge in [-0.1, -0.05) is 41.4 Å². The molecule has 0 heterocycles. The average Bonchev–Trinajstić information content (AvgIpc) is 2.32. The Morgan fingerprint density at radius 2 is 2.00 bits per heavy atom. The van der Waals surface area contributed by atoms with E-state index in [1.165, 1.54) is 0 Å². The molecule has 1 aromatic rings. The van der Waals surface area contributed by atoms with Gasteiger partial charge in [0.15, 0.2) is 0 Å². The monoisotopic (exact) mass is 299 g/mol. The van der Waals surface area contributed by atoms with Crippen LogP contribution in [0.2, 0.25) is 0 Å². The van der Waals surface area contributed by atoms with Crippen LogP contribution in [-0.2, 0) is 11.3 Å². The first-order valence-corrected chi connectivity index (χ1v) is 6.55. The van der Waals surface area contributed by atoms with Crippen molar-refractivity contribution in [2.45, 2.75) is 26.3 Å². The number of nitrogens with zero attached hydrogens (tertiary/aromatic N) is 1. The summed E-state index contributed by atoms with van der Waals surface area (Å²) < 4.78 is 6.15. The van der Waals surface area contributed by atoms with Gasteiger partial charge >= 0.3 is 6.09 Å². The summed E-state index contributed by atoms with van der Waals surface area (Å²) in [6.07, 6.45) is 1.68. The molecule has 0 aliphatic carbocycles. The average molecular weight is 300 g/mol. The lowest BCUT2D eigenvalue weighted by Crippen LogP contribution is -2.27. The van der Waals surface area contributed by atoms with E-state index in [0.717, 1.165) is 22.9 Å². The fourth-order valence-corrected chi connectivity index (χ4v) is 1.61. The van der Waals surface area contributed by atoms with Gasteiger partial charge in [-0.3, -0.25) is 0 Å². The Morgan fingerprint density at radius 3 is 2.59 bits per heavy atom. The smallest absolute Gasteiger partial charge is 0.409 e. The first kappa shape index (κ1) is 14.0. The van der Waals surface area contributed by atoms with Gasteiger partial charge in [-0.25, -0.2) is 4.79 Å². The number of unbranched alkanes of at least 4 members (excludes halogenated alkanes) is 1. The predicted octanol–water partition coefficient (Wildman–Crippen LogP) is 3.82. The van der Waals surface area contributed by atoms with Crippen LogP contribution in [0.4, 0.5) is 4.79 Å². The molecular weight excluding hydrogens is 282 g/mol. The van der Waals surface area contributed by atoms with E-state index in [1.54, 1.807) is 11.9 Å². The maximum absolute atomic E-state index is 11.6. The highest BCUT2D eigenvalue weighted by Crippen LogP contribution is 2.12. The van der Waals surface area contributed by atoms with Crippen molar-refractivity contribution in [2.24, 2.45) is 0 Å². The van der Waals surface area contributed by atoms with Crippen LogP contribution in [0.25, 0.3) is 0 Å². The van der Waals surface area contributed by atoms with Gasteiger partial charge in [0.1, 0.15) is 0 Å². The zero-order valence-electron chi connectivity index (χ0n) is 10.3. The quantitative estimate of drug-likeness (QED) is 0.774. The van der Waals surface area contributed by atoms with Crippen molar-refractivity contribution < 1.29 is 9.53 Å². The van der Waals surface area contributed by atoms with Crippen molar-refractivity contribution in [3.05, 3.63) is 34.3 Å². The second-order valence-electron chi connectivity index (χ2n) is 3.95. The van der Waals surface area contributed by atoms with Crippen molar-refractivity contribution in [1.29, 1.82) is 0 Å². The van der Waals surface area contributed by atoms with Gasteiger partial charge in [0.25, 0.3) is 0 Å². The summed E-state index contributed by atoms with van der Waals surface area (Å²) in [7, 11) is 1.75. The van der Waals surface area contributed by atoms with Crippen LogP contribution in [0.15, 0.2) is 28.7 Å². The standard InChI is InChI=1S/C13H18BrNO2/c1-3-4-9-17-13(16)15(2)10-11-5-7-12(14)8-6-11/h5-8H,3-4,9-10H2,1-2H3. The topological polar surface area (TPSA) is 29.5 Å². The Bertz CT molecular complexity index is 351. The molecule has 0 aliphatic heterocycles. The minimum Gasteiger partial charge on any atom is -0.449 e. The fourth-order valence-electron chi connectivity index (χ4n) is 1.34. The minimum absolute atomic E-state index is 0.263. The molecule has 0 saturated carbocycles. The molecule has 4 heteroatoms. The van der Waals surface area contributed by atoms with Crippen molar-refractivity contribution in [3.8, 4) is 0 Å². The van der Waals surface area contributed by atoms with Crippen LogP contribution in [0.1, 0.15) is 25.3 Å². The summed E-state index contributed by atoms with van der Waals surface area (Å²) in [6.45, 7) is 3.14. The summed E-state index contributed by atoms with van der Waals surface area (Å²) in [5.41, 5.74) is 1.09. The number of rotatable bonds is 5. The molecular formula is C13H18BrNO2. The van der Waals surface area contributed by atoms with E-state index in [9.17, 15) is 4.79 Å². The Morgan fingerprint density at radius 1 is 1.35 bits per heavy atom. The molecule has 0 aliphatic rings. The van der Waals surface area contributed by atoms with Gasteiger partial charge in [0.05, 0.1) is 6.61 Å². The number of hydrogen-bond acceptors (Lipinski definition) is 2. The third-order valence-electron chi connectivity index (χ3n) is 2.37. The lowest BCUT2D eigenvalue weighted by Gasteiger charge is -2.17. The molecule has 0 saturated heterocycles. The van der Waals surface area contributed by atoms with E-state index in [4.69, 9.17) is 4.74 Å². The summed E-state index contributed by atoms with van der Waals surface area (Å²) >= 11 is 3.38. The van der Waals surface area contributed by atoms with E-state index >= 15 is 0 Å². The molecule has 0 unspecified atom stereocenters. The first-order valence-electron chi connectivity index (χ1n) is 5.75. The summed E-state index contributed by atoms with van der Waals surface area (Å²) in [5, 5.41) is 0. The van der Waals surface area contributed by atoms with E-state index in [0.29, 0.717) is 13.2 Å². The number of hydrogen-bond donors (Lipinski definition) is 0.